The molecule has 108 valence electrons. The minimum Gasteiger partial charge on any atom is -0.358 e. The van der Waals surface area contributed by atoms with Gasteiger partial charge in [-0.2, -0.15) is 10.2 Å². The van der Waals surface area contributed by atoms with Crippen molar-refractivity contribution in [2.75, 3.05) is 5.32 Å². The minimum absolute atomic E-state index is 0.0126. The Hall–Kier alpha value is -2.38. The van der Waals surface area contributed by atoms with Crippen LogP contribution in [0.4, 0.5) is 11.5 Å². The third-order valence-corrected chi connectivity index (χ3v) is 3.15. The van der Waals surface area contributed by atoms with E-state index in [-0.39, 0.29) is 22.6 Å². The van der Waals surface area contributed by atoms with Gasteiger partial charge in [0, 0.05) is 24.7 Å². The van der Waals surface area contributed by atoms with Crippen molar-refractivity contribution in [3.63, 3.8) is 0 Å². The van der Waals surface area contributed by atoms with Crippen molar-refractivity contribution in [3.8, 4) is 0 Å². The summed E-state index contributed by atoms with van der Waals surface area (Å²) in [5, 5.41) is 25.3. The molecule has 0 amide bonds. The Balaban J connectivity index is 2.38. The second kappa shape index (κ2) is 5.32. The zero-order chi connectivity index (χ0) is 14.9. The van der Waals surface area contributed by atoms with Crippen molar-refractivity contribution in [2.45, 2.75) is 32.7 Å². The molecule has 0 bridgehead atoms. The summed E-state index contributed by atoms with van der Waals surface area (Å²) in [4.78, 5) is 10.9. The van der Waals surface area contributed by atoms with Crippen molar-refractivity contribution in [3.05, 3.63) is 33.8 Å². The van der Waals surface area contributed by atoms with Crippen molar-refractivity contribution in [1.29, 1.82) is 0 Å². The fraction of sp³-hybridized carbons (Fsp3) is 0.500. The average molecular weight is 278 g/mol. The minimum atomic E-state index is -0.382. The van der Waals surface area contributed by atoms with Gasteiger partial charge in [-0.15, -0.1) is 0 Å². The highest BCUT2D eigenvalue weighted by Gasteiger charge is 2.29. The summed E-state index contributed by atoms with van der Waals surface area (Å²) < 4.78 is 1.52. The Morgan fingerprint density at radius 3 is 2.65 bits per heavy atom. The Morgan fingerprint density at radius 1 is 1.45 bits per heavy atom. The van der Waals surface area contributed by atoms with E-state index in [9.17, 15) is 10.1 Å². The maximum Gasteiger partial charge on any atom is 0.334 e. The topological polar surface area (TPSA) is 102 Å². The van der Waals surface area contributed by atoms with Gasteiger partial charge in [0.15, 0.2) is 0 Å². The van der Waals surface area contributed by atoms with E-state index in [1.165, 1.54) is 4.68 Å². The molecule has 8 heteroatoms. The molecule has 0 aliphatic heterocycles. The number of hydrogen-bond acceptors (Lipinski definition) is 5. The van der Waals surface area contributed by atoms with Crippen LogP contribution in [0.25, 0.3) is 0 Å². The molecule has 0 fully saturated rings. The van der Waals surface area contributed by atoms with Crippen LogP contribution in [-0.4, -0.2) is 24.9 Å². The second-order valence-electron chi connectivity index (χ2n) is 5.02. The number of nitro groups is 1. The van der Waals surface area contributed by atoms with E-state index in [4.69, 9.17) is 0 Å². The van der Waals surface area contributed by atoms with E-state index in [0.29, 0.717) is 11.5 Å². The molecule has 0 aliphatic rings. The van der Waals surface area contributed by atoms with Gasteiger partial charge in [0.1, 0.15) is 5.69 Å². The van der Waals surface area contributed by atoms with E-state index in [1.54, 1.807) is 19.4 Å². The van der Waals surface area contributed by atoms with Gasteiger partial charge in [0.25, 0.3) is 0 Å². The van der Waals surface area contributed by atoms with Crippen LogP contribution in [0.3, 0.4) is 0 Å². The normalized spacial score (nSPS) is 12.7. The molecule has 1 atom stereocenters. The Morgan fingerprint density at radius 2 is 2.15 bits per heavy atom. The summed E-state index contributed by atoms with van der Waals surface area (Å²) >= 11 is 0. The molecule has 0 saturated carbocycles. The van der Waals surface area contributed by atoms with Crippen molar-refractivity contribution < 1.29 is 4.92 Å². The first-order valence-electron chi connectivity index (χ1n) is 6.38. The number of H-pyrrole nitrogens is 1. The number of aryl methyl sites for hydroxylation is 1. The van der Waals surface area contributed by atoms with Gasteiger partial charge in [-0.3, -0.25) is 15.2 Å². The van der Waals surface area contributed by atoms with Gasteiger partial charge < -0.3 is 5.32 Å². The molecule has 2 rings (SSSR count). The van der Waals surface area contributed by atoms with Gasteiger partial charge in [0.2, 0.25) is 5.82 Å². The van der Waals surface area contributed by atoms with Crippen molar-refractivity contribution >= 4 is 11.5 Å². The maximum atomic E-state index is 11.3. The van der Waals surface area contributed by atoms with Crippen LogP contribution in [-0.2, 0) is 7.05 Å². The quantitative estimate of drug-likeness (QED) is 0.645. The molecule has 2 aromatic heterocycles. The van der Waals surface area contributed by atoms with Gasteiger partial charge in [-0.25, -0.2) is 4.68 Å². The molecule has 0 radical (unpaired) electrons. The van der Waals surface area contributed by atoms with Crippen LogP contribution < -0.4 is 5.32 Å². The molecule has 0 spiro atoms. The number of aromatic amines is 1. The Labute approximate surface area is 116 Å². The molecular weight excluding hydrogens is 260 g/mol. The number of hydrogen-bond donors (Lipinski definition) is 2. The highest BCUT2D eigenvalue weighted by molar-refractivity contribution is 5.61. The third kappa shape index (κ3) is 2.49. The van der Waals surface area contributed by atoms with Crippen LogP contribution >= 0.6 is 0 Å². The number of anilines is 1. The predicted octanol–water partition coefficient (Wildman–Crippen LogP) is 2.35. The molecule has 2 aromatic rings. The SMILES string of the molecule is CC(C)c1nn(C)c(NC(C)c2cn[nH]c2)c1[N+](=O)[O-]. The smallest absolute Gasteiger partial charge is 0.334 e. The van der Waals surface area contributed by atoms with Gasteiger partial charge in [-0.05, 0) is 6.92 Å². The molecule has 0 aromatic carbocycles. The fourth-order valence-corrected chi connectivity index (χ4v) is 2.05. The number of nitrogens with zero attached hydrogens (tertiary/aromatic N) is 4. The first-order valence-corrected chi connectivity index (χ1v) is 6.38. The first kappa shape index (κ1) is 14.0. The molecule has 2 N–H and O–H groups in total. The zero-order valence-corrected chi connectivity index (χ0v) is 11.9. The summed E-state index contributed by atoms with van der Waals surface area (Å²) in [7, 11) is 1.70. The lowest BCUT2D eigenvalue weighted by molar-refractivity contribution is -0.384. The number of nitrogens with one attached hydrogen (secondary N) is 2. The highest BCUT2D eigenvalue weighted by atomic mass is 16.6. The number of aromatic nitrogens is 4. The van der Waals surface area contributed by atoms with Gasteiger partial charge >= 0.3 is 5.69 Å². The Bertz CT molecular complexity index is 602. The van der Waals surface area contributed by atoms with E-state index in [1.807, 2.05) is 20.8 Å². The van der Waals surface area contributed by atoms with Gasteiger partial charge in [-0.1, -0.05) is 13.8 Å². The third-order valence-electron chi connectivity index (χ3n) is 3.15. The largest absolute Gasteiger partial charge is 0.358 e. The predicted molar refractivity (Wildman–Crippen MR) is 74.6 cm³/mol. The molecule has 8 nitrogen and oxygen atoms in total. The van der Waals surface area contributed by atoms with Crippen LogP contribution in [0.5, 0.6) is 0 Å². The summed E-state index contributed by atoms with van der Waals surface area (Å²) in [5.41, 5.74) is 1.45. The van der Waals surface area contributed by atoms with Crippen LogP contribution in [0.1, 0.15) is 44.0 Å². The second-order valence-corrected chi connectivity index (χ2v) is 5.02. The van der Waals surface area contributed by atoms with E-state index in [0.717, 1.165) is 5.56 Å². The summed E-state index contributed by atoms with van der Waals surface area (Å²) in [6.45, 7) is 5.69. The van der Waals surface area contributed by atoms with Gasteiger partial charge in [0.05, 0.1) is 17.2 Å². The molecule has 0 aliphatic carbocycles. The first-order chi connectivity index (χ1) is 9.41. The molecule has 1 unspecified atom stereocenters. The zero-order valence-electron chi connectivity index (χ0n) is 11.9. The summed E-state index contributed by atoms with van der Waals surface area (Å²) in [6, 6.07) is -0.108. The van der Waals surface area contributed by atoms with Crippen LogP contribution in [0.2, 0.25) is 0 Å². The monoisotopic (exact) mass is 278 g/mol. The molecule has 20 heavy (non-hydrogen) atoms. The highest BCUT2D eigenvalue weighted by Crippen LogP contribution is 2.34. The summed E-state index contributed by atoms with van der Waals surface area (Å²) in [5.74, 6) is 0.397. The van der Waals surface area contributed by atoms with E-state index >= 15 is 0 Å². The average Bonchev–Trinajstić information content (AvgIpc) is 2.97. The lowest BCUT2D eigenvalue weighted by Crippen LogP contribution is -2.10. The van der Waals surface area contributed by atoms with E-state index in [2.05, 4.69) is 20.6 Å². The lowest BCUT2D eigenvalue weighted by atomic mass is 10.1. The molecule has 0 saturated heterocycles. The van der Waals surface area contributed by atoms with E-state index < -0.39 is 0 Å². The lowest BCUT2D eigenvalue weighted by Gasteiger charge is -2.12. The van der Waals surface area contributed by atoms with Crippen molar-refractivity contribution in [1.82, 2.24) is 20.0 Å². The molecular formula is C12H18N6O2. The van der Waals surface area contributed by atoms with Crippen molar-refractivity contribution in [2.24, 2.45) is 7.05 Å². The number of rotatable bonds is 5. The van der Waals surface area contributed by atoms with Crippen LogP contribution in [0, 0.1) is 10.1 Å². The molecule has 2 heterocycles. The Kier molecular flexibility index (Phi) is 3.73. The maximum absolute atomic E-state index is 11.3. The fourth-order valence-electron chi connectivity index (χ4n) is 2.05. The summed E-state index contributed by atoms with van der Waals surface area (Å²) in [6.07, 6.45) is 3.44. The standard InChI is InChI=1S/C12H18N6O2/c1-7(2)10-11(18(19)20)12(17(4)16-10)15-8(3)9-5-13-14-6-9/h5-8,15H,1-4H3,(H,13,14). The van der Waals surface area contributed by atoms with Crippen LogP contribution in [0.15, 0.2) is 12.4 Å².